The van der Waals surface area contributed by atoms with Gasteiger partial charge < -0.3 is 15.4 Å². The van der Waals surface area contributed by atoms with Crippen molar-refractivity contribution in [3.8, 4) is 0 Å². The standard InChI is InChI=1S/C21H25N3O6S2/c1-4-16-13(3)31-20(18(16)21(27)30-5-2)23-19(26)14-7-6-8-15(11-14)32(28,29)24-10-9-22-17(25)12-24/h6-8,11H,4-5,9-10,12H2,1-3H3,(H,22,25)(H,23,26). The average Bonchev–Trinajstić information content (AvgIpc) is 3.08. The molecule has 1 fully saturated rings. The third-order valence-corrected chi connectivity index (χ3v) is 7.91. The van der Waals surface area contributed by atoms with Crippen LogP contribution >= 0.6 is 11.3 Å². The van der Waals surface area contributed by atoms with Crippen molar-refractivity contribution in [1.29, 1.82) is 0 Å². The van der Waals surface area contributed by atoms with Crippen LogP contribution in [0.2, 0.25) is 0 Å². The van der Waals surface area contributed by atoms with Crippen LogP contribution < -0.4 is 10.6 Å². The van der Waals surface area contributed by atoms with Gasteiger partial charge in [0.15, 0.2) is 0 Å². The Hall–Kier alpha value is -2.76. The number of thiophene rings is 1. The molecular weight excluding hydrogens is 454 g/mol. The third-order valence-electron chi connectivity index (χ3n) is 5.01. The van der Waals surface area contributed by atoms with E-state index in [4.69, 9.17) is 4.74 Å². The molecule has 172 valence electrons. The van der Waals surface area contributed by atoms with E-state index in [1.807, 2.05) is 13.8 Å². The number of esters is 1. The van der Waals surface area contributed by atoms with Crippen molar-refractivity contribution in [1.82, 2.24) is 9.62 Å². The minimum atomic E-state index is -3.94. The molecule has 3 rings (SSSR count). The molecule has 1 saturated heterocycles. The lowest BCUT2D eigenvalue weighted by Crippen LogP contribution is -2.49. The number of nitrogens with zero attached hydrogens (tertiary/aromatic N) is 1. The molecule has 0 atom stereocenters. The lowest BCUT2D eigenvalue weighted by Gasteiger charge is -2.26. The number of hydrogen-bond acceptors (Lipinski definition) is 7. The van der Waals surface area contributed by atoms with Crippen molar-refractivity contribution in [2.45, 2.75) is 32.1 Å². The van der Waals surface area contributed by atoms with Crippen molar-refractivity contribution in [2.75, 3.05) is 31.6 Å². The molecule has 11 heteroatoms. The van der Waals surface area contributed by atoms with E-state index >= 15 is 0 Å². The number of piperazine rings is 1. The molecule has 0 unspecified atom stereocenters. The Balaban J connectivity index is 1.89. The fourth-order valence-electron chi connectivity index (χ4n) is 3.45. The number of benzene rings is 1. The first-order valence-electron chi connectivity index (χ1n) is 10.2. The highest BCUT2D eigenvalue weighted by atomic mass is 32.2. The van der Waals surface area contributed by atoms with E-state index in [1.54, 1.807) is 6.92 Å². The summed E-state index contributed by atoms with van der Waals surface area (Å²) in [5.74, 6) is -1.43. The van der Waals surface area contributed by atoms with E-state index in [9.17, 15) is 22.8 Å². The maximum absolute atomic E-state index is 12.9. The van der Waals surface area contributed by atoms with Crippen LogP contribution in [0.25, 0.3) is 0 Å². The predicted octanol–water partition coefficient (Wildman–Crippen LogP) is 2.17. The molecule has 2 amide bonds. The zero-order valence-corrected chi connectivity index (χ0v) is 19.7. The highest BCUT2D eigenvalue weighted by Crippen LogP contribution is 2.34. The first-order valence-corrected chi connectivity index (χ1v) is 12.4. The Kier molecular flexibility index (Phi) is 7.32. The highest BCUT2D eigenvalue weighted by molar-refractivity contribution is 7.89. The van der Waals surface area contributed by atoms with Gasteiger partial charge in [0.05, 0.1) is 23.6 Å². The van der Waals surface area contributed by atoms with Crippen LogP contribution in [-0.2, 0) is 26.0 Å². The van der Waals surface area contributed by atoms with Crippen LogP contribution in [0.3, 0.4) is 0 Å². The number of rotatable bonds is 7. The van der Waals surface area contributed by atoms with Gasteiger partial charge in [-0.25, -0.2) is 13.2 Å². The van der Waals surface area contributed by atoms with E-state index < -0.39 is 21.9 Å². The minimum absolute atomic E-state index is 0.0814. The second-order valence-electron chi connectivity index (χ2n) is 7.09. The van der Waals surface area contributed by atoms with Crippen molar-refractivity contribution >= 4 is 44.1 Å². The maximum Gasteiger partial charge on any atom is 0.341 e. The molecule has 1 aromatic carbocycles. The number of sulfonamides is 1. The Morgan fingerprint density at radius 2 is 2.03 bits per heavy atom. The van der Waals surface area contributed by atoms with Gasteiger partial charge in [-0.05, 0) is 44.0 Å². The number of anilines is 1. The zero-order chi connectivity index (χ0) is 23.5. The monoisotopic (exact) mass is 479 g/mol. The van der Waals surface area contributed by atoms with Gasteiger partial charge in [0.2, 0.25) is 15.9 Å². The molecule has 0 spiro atoms. The fraction of sp³-hybridized carbons (Fsp3) is 0.381. The van der Waals surface area contributed by atoms with Crippen molar-refractivity contribution in [3.05, 3.63) is 45.8 Å². The average molecular weight is 480 g/mol. The number of ether oxygens (including phenoxy) is 1. The van der Waals surface area contributed by atoms with Crippen LogP contribution in [-0.4, -0.2) is 56.7 Å². The zero-order valence-electron chi connectivity index (χ0n) is 18.1. The largest absolute Gasteiger partial charge is 0.462 e. The number of carbonyl (C=O) groups is 3. The summed E-state index contributed by atoms with van der Waals surface area (Å²) in [6, 6.07) is 5.60. The summed E-state index contributed by atoms with van der Waals surface area (Å²) >= 11 is 1.27. The first kappa shape index (κ1) is 23.9. The summed E-state index contributed by atoms with van der Waals surface area (Å²) in [5, 5.41) is 5.68. The summed E-state index contributed by atoms with van der Waals surface area (Å²) in [4.78, 5) is 37.8. The van der Waals surface area contributed by atoms with Crippen LogP contribution in [0.4, 0.5) is 5.00 Å². The summed E-state index contributed by atoms with van der Waals surface area (Å²) in [7, 11) is -3.94. The molecule has 2 N–H and O–H groups in total. The van der Waals surface area contributed by atoms with Crippen molar-refractivity contribution in [2.24, 2.45) is 0 Å². The van der Waals surface area contributed by atoms with Gasteiger partial charge in [0.25, 0.3) is 5.91 Å². The van der Waals surface area contributed by atoms with Gasteiger partial charge in [-0.15, -0.1) is 11.3 Å². The highest BCUT2D eigenvalue weighted by Gasteiger charge is 2.30. The quantitative estimate of drug-likeness (QED) is 0.587. The predicted molar refractivity (Wildman–Crippen MR) is 121 cm³/mol. The van der Waals surface area contributed by atoms with Crippen LogP contribution in [0, 0.1) is 6.92 Å². The smallest absolute Gasteiger partial charge is 0.341 e. The molecule has 2 aromatic rings. The van der Waals surface area contributed by atoms with E-state index in [0.717, 1.165) is 14.7 Å². The normalized spacial score (nSPS) is 14.7. The third kappa shape index (κ3) is 4.84. The summed E-state index contributed by atoms with van der Waals surface area (Å²) in [6.45, 7) is 5.81. The van der Waals surface area contributed by atoms with E-state index in [-0.39, 0.29) is 42.6 Å². The van der Waals surface area contributed by atoms with Gasteiger partial charge >= 0.3 is 5.97 Å². The minimum Gasteiger partial charge on any atom is -0.462 e. The van der Waals surface area contributed by atoms with E-state index in [0.29, 0.717) is 17.0 Å². The van der Waals surface area contributed by atoms with E-state index in [2.05, 4.69) is 10.6 Å². The molecule has 1 aliphatic heterocycles. The van der Waals surface area contributed by atoms with Crippen LogP contribution in [0.15, 0.2) is 29.2 Å². The Labute approximate surface area is 190 Å². The van der Waals surface area contributed by atoms with Gasteiger partial charge in [0, 0.05) is 23.5 Å². The lowest BCUT2D eigenvalue weighted by molar-refractivity contribution is -0.122. The molecule has 0 radical (unpaired) electrons. The first-order chi connectivity index (χ1) is 15.2. The molecule has 1 aliphatic rings. The van der Waals surface area contributed by atoms with Gasteiger partial charge in [-0.3, -0.25) is 9.59 Å². The molecule has 1 aromatic heterocycles. The van der Waals surface area contributed by atoms with E-state index in [1.165, 1.54) is 35.6 Å². The maximum atomic E-state index is 12.9. The Bertz CT molecular complexity index is 1160. The second kappa shape index (κ2) is 9.80. The summed E-state index contributed by atoms with van der Waals surface area (Å²) < 4.78 is 32.1. The van der Waals surface area contributed by atoms with Crippen molar-refractivity contribution in [3.63, 3.8) is 0 Å². The fourth-order valence-corrected chi connectivity index (χ4v) is 6.03. The number of hydrogen-bond donors (Lipinski definition) is 2. The number of amides is 2. The second-order valence-corrected chi connectivity index (χ2v) is 10.2. The molecule has 9 nitrogen and oxygen atoms in total. The van der Waals surface area contributed by atoms with Crippen LogP contribution in [0.1, 0.15) is 45.0 Å². The summed E-state index contributed by atoms with van der Waals surface area (Å²) in [5.41, 5.74) is 1.25. The Morgan fingerprint density at radius 1 is 1.28 bits per heavy atom. The molecular formula is C21H25N3O6S2. The molecule has 0 saturated carbocycles. The summed E-state index contributed by atoms with van der Waals surface area (Å²) in [6.07, 6.45) is 0.601. The number of carbonyl (C=O) groups excluding carboxylic acids is 3. The molecule has 32 heavy (non-hydrogen) atoms. The van der Waals surface area contributed by atoms with Crippen LogP contribution in [0.5, 0.6) is 0 Å². The molecule has 0 aliphatic carbocycles. The number of nitrogens with one attached hydrogen (secondary N) is 2. The molecule has 2 heterocycles. The van der Waals surface area contributed by atoms with Crippen molar-refractivity contribution < 1.29 is 27.5 Å². The molecule has 0 bridgehead atoms. The Morgan fingerprint density at radius 3 is 2.69 bits per heavy atom. The lowest BCUT2D eigenvalue weighted by atomic mass is 10.1. The SMILES string of the molecule is CCOC(=O)c1c(NC(=O)c2cccc(S(=O)(=O)N3CCNC(=O)C3)c2)sc(C)c1CC. The topological polar surface area (TPSA) is 122 Å². The van der Waals surface area contributed by atoms with Gasteiger partial charge in [-0.1, -0.05) is 13.0 Å². The number of aryl methyl sites for hydroxylation is 1. The van der Waals surface area contributed by atoms with Gasteiger partial charge in [-0.2, -0.15) is 4.31 Å². The van der Waals surface area contributed by atoms with Gasteiger partial charge in [0.1, 0.15) is 5.00 Å².